The van der Waals surface area contributed by atoms with Crippen molar-refractivity contribution in [2.45, 2.75) is 18.9 Å². The van der Waals surface area contributed by atoms with Crippen molar-refractivity contribution < 1.29 is 14.3 Å². The molecule has 1 aliphatic rings. The lowest BCUT2D eigenvalue weighted by Gasteiger charge is -2.06. The van der Waals surface area contributed by atoms with Crippen LogP contribution in [0.2, 0.25) is 10.0 Å². The van der Waals surface area contributed by atoms with Crippen LogP contribution in [0.25, 0.3) is 0 Å². The SMILES string of the molecule is O=C(Oc1c(Cl)cccc1Cl)c1csc([C@H]2CCCO2)n1. The first kappa shape index (κ1) is 14.8. The zero-order valence-corrected chi connectivity index (χ0v) is 13.2. The second-order valence-corrected chi connectivity index (χ2v) is 6.22. The Bertz CT molecular complexity index is 648. The number of thiazole rings is 1. The van der Waals surface area contributed by atoms with Crippen molar-refractivity contribution in [3.63, 3.8) is 0 Å². The average Bonchev–Trinajstić information content (AvgIpc) is 3.12. The summed E-state index contributed by atoms with van der Waals surface area (Å²) in [6.07, 6.45) is 1.93. The lowest BCUT2D eigenvalue weighted by Crippen LogP contribution is -2.10. The van der Waals surface area contributed by atoms with E-state index in [0.717, 1.165) is 24.5 Å². The van der Waals surface area contributed by atoms with Crippen LogP contribution in [0.5, 0.6) is 5.75 Å². The van der Waals surface area contributed by atoms with Crippen LogP contribution in [0.1, 0.15) is 34.4 Å². The number of ether oxygens (including phenoxy) is 2. The summed E-state index contributed by atoms with van der Waals surface area (Å²) in [7, 11) is 0. The molecule has 0 unspecified atom stereocenters. The van der Waals surface area contributed by atoms with Gasteiger partial charge in [-0.1, -0.05) is 29.3 Å². The van der Waals surface area contributed by atoms with Crippen molar-refractivity contribution >= 4 is 40.5 Å². The number of aromatic nitrogens is 1. The molecule has 7 heteroatoms. The topological polar surface area (TPSA) is 48.4 Å². The average molecular weight is 344 g/mol. The number of para-hydroxylation sites is 1. The molecule has 21 heavy (non-hydrogen) atoms. The van der Waals surface area contributed by atoms with Gasteiger partial charge in [0.25, 0.3) is 0 Å². The molecule has 3 rings (SSSR count). The van der Waals surface area contributed by atoms with E-state index in [1.165, 1.54) is 11.3 Å². The van der Waals surface area contributed by atoms with Gasteiger partial charge in [0.15, 0.2) is 11.4 Å². The number of rotatable bonds is 3. The van der Waals surface area contributed by atoms with Gasteiger partial charge >= 0.3 is 5.97 Å². The van der Waals surface area contributed by atoms with Gasteiger partial charge in [-0.3, -0.25) is 0 Å². The van der Waals surface area contributed by atoms with Crippen LogP contribution in [-0.4, -0.2) is 17.6 Å². The van der Waals surface area contributed by atoms with Crippen molar-refractivity contribution in [1.29, 1.82) is 0 Å². The Labute approximate surface area is 135 Å². The van der Waals surface area contributed by atoms with Gasteiger partial charge in [0.05, 0.1) is 10.0 Å². The van der Waals surface area contributed by atoms with Crippen molar-refractivity contribution in [2.75, 3.05) is 6.61 Å². The Hall–Kier alpha value is -1.14. The van der Waals surface area contributed by atoms with E-state index in [-0.39, 0.29) is 27.6 Å². The highest BCUT2D eigenvalue weighted by Crippen LogP contribution is 2.34. The lowest BCUT2D eigenvalue weighted by atomic mass is 10.2. The van der Waals surface area contributed by atoms with Crippen LogP contribution in [0.3, 0.4) is 0 Å². The highest BCUT2D eigenvalue weighted by Gasteiger charge is 2.23. The van der Waals surface area contributed by atoms with Gasteiger partial charge in [-0.05, 0) is 25.0 Å². The minimum atomic E-state index is -0.578. The molecule has 0 N–H and O–H groups in total. The Balaban J connectivity index is 1.76. The van der Waals surface area contributed by atoms with Gasteiger partial charge in [0, 0.05) is 12.0 Å². The van der Waals surface area contributed by atoms with E-state index >= 15 is 0 Å². The third-order valence-electron chi connectivity index (χ3n) is 3.05. The summed E-state index contributed by atoms with van der Waals surface area (Å²) >= 11 is 13.3. The molecule has 1 aromatic carbocycles. The number of nitrogens with zero attached hydrogens (tertiary/aromatic N) is 1. The highest BCUT2D eigenvalue weighted by molar-refractivity contribution is 7.09. The summed E-state index contributed by atoms with van der Waals surface area (Å²) in [6.45, 7) is 0.735. The fourth-order valence-corrected chi connectivity index (χ4v) is 3.37. The van der Waals surface area contributed by atoms with Crippen LogP contribution < -0.4 is 4.74 Å². The molecule has 0 bridgehead atoms. The van der Waals surface area contributed by atoms with Crippen LogP contribution in [0.15, 0.2) is 23.6 Å². The maximum atomic E-state index is 12.1. The quantitative estimate of drug-likeness (QED) is 0.607. The maximum absolute atomic E-state index is 12.1. The first-order valence-electron chi connectivity index (χ1n) is 6.38. The van der Waals surface area contributed by atoms with Crippen LogP contribution in [0.4, 0.5) is 0 Å². The van der Waals surface area contributed by atoms with E-state index in [1.54, 1.807) is 23.6 Å². The van der Waals surface area contributed by atoms with Crippen molar-refractivity contribution in [2.24, 2.45) is 0 Å². The molecule has 0 amide bonds. The van der Waals surface area contributed by atoms with E-state index < -0.39 is 5.97 Å². The highest BCUT2D eigenvalue weighted by atomic mass is 35.5. The first-order valence-corrected chi connectivity index (χ1v) is 8.02. The fraction of sp³-hybridized carbons (Fsp3) is 0.286. The Morgan fingerprint density at radius 3 is 2.81 bits per heavy atom. The number of halogens is 2. The van der Waals surface area contributed by atoms with Gasteiger partial charge in [0.1, 0.15) is 11.1 Å². The molecule has 2 aromatic rings. The second kappa shape index (κ2) is 6.32. The number of hydrogen-bond acceptors (Lipinski definition) is 5. The van der Waals surface area contributed by atoms with Crippen molar-refractivity contribution in [3.05, 3.63) is 44.3 Å². The molecule has 0 radical (unpaired) electrons. The van der Waals surface area contributed by atoms with E-state index in [2.05, 4.69) is 4.98 Å². The van der Waals surface area contributed by atoms with E-state index in [9.17, 15) is 4.79 Å². The summed E-state index contributed by atoms with van der Waals surface area (Å²) in [5, 5.41) is 3.02. The van der Waals surface area contributed by atoms with Gasteiger partial charge in [-0.15, -0.1) is 11.3 Å². The Morgan fingerprint density at radius 2 is 2.14 bits per heavy atom. The normalized spacial score (nSPS) is 17.9. The summed E-state index contributed by atoms with van der Waals surface area (Å²) < 4.78 is 10.8. The van der Waals surface area contributed by atoms with Gasteiger partial charge in [0.2, 0.25) is 0 Å². The number of carbonyl (C=O) groups excluding carboxylic acids is 1. The lowest BCUT2D eigenvalue weighted by molar-refractivity contribution is 0.0728. The maximum Gasteiger partial charge on any atom is 0.363 e. The molecule has 110 valence electrons. The van der Waals surface area contributed by atoms with Gasteiger partial charge in [-0.2, -0.15) is 0 Å². The van der Waals surface area contributed by atoms with E-state index in [4.69, 9.17) is 32.7 Å². The van der Waals surface area contributed by atoms with Crippen LogP contribution in [0, 0.1) is 0 Å². The van der Waals surface area contributed by atoms with Crippen molar-refractivity contribution in [3.8, 4) is 5.75 Å². The molecule has 0 saturated carbocycles. The van der Waals surface area contributed by atoms with Gasteiger partial charge in [-0.25, -0.2) is 9.78 Å². The molecule has 0 aliphatic carbocycles. The van der Waals surface area contributed by atoms with Crippen LogP contribution >= 0.6 is 34.5 Å². The molecule has 2 heterocycles. The molecule has 1 aliphatic heterocycles. The monoisotopic (exact) mass is 343 g/mol. The third kappa shape index (κ3) is 3.21. The summed E-state index contributed by atoms with van der Waals surface area (Å²) in [5.74, 6) is -0.428. The van der Waals surface area contributed by atoms with E-state index in [0.29, 0.717) is 0 Å². The van der Waals surface area contributed by atoms with Gasteiger partial charge < -0.3 is 9.47 Å². The zero-order valence-electron chi connectivity index (χ0n) is 10.8. The number of carbonyl (C=O) groups is 1. The molecule has 1 saturated heterocycles. The second-order valence-electron chi connectivity index (χ2n) is 4.51. The summed E-state index contributed by atoms with van der Waals surface area (Å²) in [5.41, 5.74) is 0.237. The van der Waals surface area contributed by atoms with Crippen molar-refractivity contribution in [1.82, 2.24) is 4.98 Å². The predicted molar refractivity (Wildman–Crippen MR) is 81.5 cm³/mol. The number of esters is 1. The minimum Gasteiger partial charge on any atom is -0.419 e. The summed E-state index contributed by atoms with van der Waals surface area (Å²) in [4.78, 5) is 16.4. The fourth-order valence-electron chi connectivity index (χ4n) is 2.03. The molecule has 4 nitrogen and oxygen atoms in total. The molecule has 1 atom stereocenters. The third-order valence-corrected chi connectivity index (χ3v) is 4.58. The number of benzene rings is 1. The minimum absolute atomic E-state index is 0.0135. The summed E-state index contributed by atoms with van der Waals surface area (Å²) in [6, 6.07) is 4.89. The molecular formula is C14H11Cl2NO3S. The zero-order chi connectivity index (χ0) is 14.8. The Morgan fingerprint density at radius 1 is 1.38 bits per heavy atom. The molecule has 1 fully saturated rings. The van der Waals surface area contributed by atoms with E-state index in [1.807, 2.05) is 0 Å². The predicted octanol–water partition coefficient (Wildman–Crippen LogP) is 4.52. The molecular weight excluding hydrogens is 333 g/mol. The number of hydrogen-bond donors (Lipinski definition) is 0. The standard InChI is InChI=1S/C14H11Cl2NO3S/c15-8-3-1-4-9(16)12(8)20-14(18)10-7-21-13(17-10)11-5-2-6-19-11/h1,3-4,7,11H,2,5-6H2/t11-/m1/s1. The largest absolute Gasteiger partial charge is 0.419 e. The Kier molecular flexibility index (Phi) is 4.45. The smallest absolute Gasteiger partial charge is 0.363 e. The first-order chi connectivity index (χ1) is 10.1. The molecule has 1 aromatic heterocycles. The molecule has 0 spiro atoms. The van der Waals surface area contributed by atoms with Crippen LogP contribution in [-0.2, 0) is 4.74 Å².